The smallest absolute Gasteiger partial charge is 0.185 e. The molecule has 0 bridgehead atoms. The van der Waals surface area contributed by atoms with E-state index in [9.17, 15) is 4.39 Å². The molecule has 0 heterocycles. The fourth-order valence-corrected chi connectivity index (χ4v) is 1.04. The van der Waals surface area contributed by atoms with Gasteiger partial charge in [0.25, 0.3) is 0 Å². The lowest BCUT2D eigenvalue weighted by molar-refractivity contribution is 0.380. The van der Waals surface area contributed by atoms with Gasteiger partial charge in [-0.1, -0.05) is 18.2 Å². The topological polar surface area (TPSA) is 59.1 Å². The number of methoxy groups -OCH3 is 1. The summed E-state index contributed by atoms with van der Waals surface area (Å²) in [6.07, 6.45) is -1.59. The third-order valence-corrected chi connectivity index (χ3v) is 1.69. The van der Waals surface area contributed by atoms with Crippen LogP contribution in [0.1, 0.15) is 11.7 Å². The van der Waals surface area contributed by atoms with E-state index in [1.807, 2.05) is 0 Å². The number of halogens is 1. The van der Waals surface area contributed by atoms with Crippen molar-refractivity contribution in [1.82, 2.24) is 0 Å². The molecule has 1 aromatic rings. The van der Waals surface area contributed by atoms with Crippen LogP contribution >= 0.6 is 0 Å². The molecule has 0 saturated carbocycles. The maximum absolute atomic E-state index is 13.3. The van der Waals surface area contributed by atoms with E-state index in [0.29, 0.717) is 5.75 Å². The van der Waals surface area contributed by atoms with Gasteiger partial charge >= 0.3 is 0 Å². The Hall–Kier alpha value is -1.58. The minimum atomic E-state index is -1.59. The Morgan fingerprint density at radius 2 is 2.15 bits per heavy atom. The lowest BCUT2D eigenvalue weighted by Gasteiger charge is -2.10. The number of rotatable bonds is 3. The number of nitrogens with two attached hydrogens (primary N) is 1. The van der Waals surface area contributed by atoms with E-state index in [0.717, 1.165) is 0 Å². The SMILES string of the molecule is COc1ccccc1C(F)C(=N)N. The summed E-state index contributed by atoms with van der Waals surface area (Å²) in [6, 6.07) is 6.58. The Balaban J connectivity index is 3.05. The third kappa shape index (κ3) is 1.96. The third-order valence-electron chi connectivity index (χ3n) is 1.69. The first kappa shape index (κ1) is 9.51. The quantitative estimate of drug-likeness (QED) is 0.551. The van der Waals surface area contributed by atoms with Crippen LogP contribution < -0.4 is 10.5 Å². The van der Waals surface area contributed by atoms with E-state index in [4.69, 9.17) is 15.9 Å². The Bertz CT molecular complexity index is 314. The molecule has 0 aliphatic heterocycles. The van der Waals surface area contributed by atoms with Gasteiger partial charge in [0, 0.05) is 5.56 Å². The molecular formula is C9H11FN2O. The largest absolute Gasteiger partial charge is 0.496 e. The lowest BCUT2D eigenvalue weighted by atomic mass is 10.1. The van der Waals surface area contributed by atoms with E-state index < -0.39 is 12.0 Å². The van der Waals surface area contributed by atoms with Crippen molar-refractivity contribution in [3.05, 3.63) is 29.8 Å². The van der Waals surface area contributed by atoms with Gasteiger partial charge < -0.3 is 10.5 Å². The van der Waals surface area contributed by atoms with Crippen LogP contribution in [0.5, 0.6) is 5.75 Å². The van der Waals surface area contributed by atoms with E-state index in [2.05, 4.69) is 0 Å². The van der Waals surface area contributed by atoms with Crippen LogP contribution in [-0.4, -0.2) is 12.9 Å². The minimum absolute atomic E-state index is 0.289. The zero-order valence-corrected chi connectivity index (χ0v) is 7.25. The summed E-state index contributed by atoms with van der Waals surface area (Å²) in [5, 5.41) is 6.96. The lowest BCUT2D eigenvalue weighted by Crippen LogP contribution is -2.17. The first-order valence-corrected chi connectivity index (χ1v) is 3.77. The summed E-state index contributed by atoms with van der Waals surface area (Å²) < 4.78 is 18.2. The number of para-hydroxylation sites is 1. The van der Waals surface area contributed by atoms with Crippen molar-refractivity contribution in [2.75, 3.05) is 7.11 Å². The average molecular weight is 182 g/mol. The van der Waals surface area contributed by atoms with Gasteiger partial charge in [-0.2, -0.15) is 0 Å². The van der Waals surface area contributed by atoms with Crippen LogP contribution in [0.25, 0.3) is 0 Å². The molecule has 0 aromatic heterocycles. The molecule has 3 N–H and O–H groups in total. The molecule has 70 valence electrons. The van der Waals surface area contributed by atoms with Gasteiger partial charge in [-0.05, 0) is 6.07 Å². The van der Waals surface area contributed by atoms with Crippen LogP contribution in [0, 0.1) is 5.41 Å². The fourth-order valence-electron chi connectivity index (χ4n) is 1.04. The second-order valence-electron chi connectivity index (χ2n) is 2.56. The van der Waals surface area contributed by atoms with Crippen molar-refractivity contribution >= 4 is 5.84 Å². The molecule has 1 atom stereocenters. The van der Waals surface area contributed by atoms with Gasteiger partial charge in [0.05, 0.1) is 7.11 Å². The van der Waals surface area contributed by atoms with Crippen LogP contribution in [0.3, 0.4) is 0 Å². The van der Waals surface area contributed by atoms with Gasteiger partial charge in [-0.3, -0.25) is 5.41 Å². The van der Waals surface area contributed by atoms with Gasteiger partial charge in [0.2, 0.25) is 0 Å². The Morgan fingerprint density at radius 1 is 1.54 bits per heavy atom. The van der Waals surface area contributed by atoms with Crippen LogP contribution in [0.4, 0.5) is 4.39 Å². The zero-order valence-electron chi connectivity index (χ0n) is 7.25. The molecule has 1 unspecified atom stereocenters. The monoisotopic (exact) mass is 182 g/mol. The van der Waals surface area contributed by atoms with E-state index >= 15 is 0 Å². The number of alkyl halides is 1. The molecule has 0 radical (unpaired) electrons. The molecular weight excluding hydrogens is 171 g/mol. The molecule has 4 heteroatoms. The number of ether oxygens (including phenoxy) is 1. The number of hydrogen-bond donors (Lipinski definition) is 2. The number of benzene rings is 1. The second kappa shape index (κ2) is 3.89. The molecule has 0 saturated heterocycles. The summed E-state index contributed by atoms with van der Waals surface area (Å²) in [7, 11) is 1.45. The van der Waals surface area contributed by atoms with E-state index in [1.54, 1.807) is 24.3 Å². The molecule has 1 rings (SSSR count). The fraction of sp³-hybridized carbons (Fsp3) is 0.222. The predicted octanol–water partition coefficient (Wildman–Crippen LogP) is 1.64. The highest BCUT2D eigenvalue weighted by Gasteiger charge is 2.16. The summed E-state index contributed by atoms with van der Waals surface area (Å²) in [5.41, 5.74) is 5.33. The molecule has 3 nitrogen and oxygen atoms in total. The molecule has 0 fully saturated rings. The normalized spacial score (nSPS) is 12.2. The maximum Gasteiger partial charge on any atom is 0.185 e. The highest BCUT2D eigenvalue weighted by atomic mass is 19.1. The number of amidine groups is 1. The number of nitrogens with one attached hydrogen (secondary N) is 1. The number of hydrogen-bond acceptors (Lipinski definition) is 2. The molecule has 13 heavy (non-hydrogen) atoms. The van der Waals surface area contributed by atoms with Crippen molar-refractivity contribution in [2.24, 2.45) is 5.73 Å². The first-order valence-electron chi connectivity index (χ1n) is 3.77. The Kier molecular flexibility index (Phi) is 2.84. The van der Waals surface area contributed by atoms with E-state index in [1.165, 1.54) is 7.11 Å². The average Bonchev–Trinajstić information content (AvgIpc) is 2.16. The second-order valence-corrected chi connectivity index (χ2v) is 2.56. The van der Waals surface area contributed by atoms with E-state index in [-0.39, 0.29) is 5.56 Å². The van der Waals surface area contributed by atoms with Crippen LogP contribution in [0.15, 0.2) is 24.3 Å². The standard InChI is InChI=1S/C9H11FN2O/c1-13-7-5-3-2-4-6(7)8(10)9(11)12/h2-5,8H,1H3,(H3,11,12). The summed E-state index contributed by atoms with van der Waals surface area (Å²) in [5.74, 6) is -0.102. The summed E-state index contributed by atoms with van der Waals surface area (Å²) in [6.45, 7) is 0. The van der Waals surface area contributed by atoms with Crippen LogP contribution in [-0.2, 0) is 0 Å². The van der Waals surface area contributed by atoms with Crippen LogP contribution in [0.2, 0.25) is 0 Å². The van der Waals surface area contributed by atoms with Crippen molar-refractivity contribution in [3.8, 4) is 5.75 Å². The Labute approximate surface area is 75.8 Å². The predicted molar refractivity (Wildman–Crippen MR) is 48.8 cm³/mol. The molecule has 0 spiro atoms. The minimum Gasteiger partial charge on any atom is -0.496 e. The molecule has 0 aliphatic rings. The molecule has 1 aromatic carbocycles. The molecule has 0 aliphatic carbocycles. The highest BCUT2D eigenvalue weighted by Crippen LogP contribution is 2.26. The van der Waals surface area contributed by atoms with Crippen molar-refractivity contribution in [3.63, 3.8) is 0 Å². The van der Waals surface area contributed by atoms with Crippen molar-refractivity contribution in [1.29, 1.82) is 5.41 Å². The summed E-state index contributed by atoms with van der Waals surface area (Å²) in [4.78, 5) is 0. The van der Waals surface area contributed by atoms with Crippen molar-refractivity contribution < 1.29 is 9.13 Å². The van der Waals surface area contributed by atoms with Gasteiger partial charge in [0.1, 0.15) is 11.6 Å². The maximum atomic E-state index is 13.3. The summed E-state index contributed by atoms with van der Waals surface area (Å²) >= 11 is 0. The van der Waals surface area contributed by atoms with Gasteiger partial charge in [-0.25, -0.2) is 4.39 Å². The van der Waals surface area contributed by atoms with Crippen molar-refractivity contribution in [2.45, 2.75) is 6.17 Å². The molecule has 0 amide bonds. The van der Waals surface area contributed by atoms with Gasteiger partial charge in [0.15, 0.2) is 6.17 Å². The Morgan fingerprint density at radius 3 is 2.69 bits per heavy atom. The van der Waals surface area contributed by atoms with Gasteiger partial charge in [-0.15, -0.1) is 0 Å². The zero-order chi connectivity index (χ0) is 9.84. The first-order chi connectivity index (χ1) is 6.16. The highest BCUT2D eigenvalue weighted by molar-refractivity contribution is 5.83.